The van der Waals surface area contributed by atoms with Gasteiger partial charge < -0.3 is 4.74 Å². The van der Waals surface area contributed by atoms with Gasteiger partial charge in [-0.05, 0) is 18.6 Å². The molecule has 1 saturated heterocycles. The van der Waals surface area contributed by atoms with Gasteiger partial charge in [0.25, 0.3) is 0 Å². The molecule has 0 unspecified atom stereocenters. The zero-order valence-electron chi connectivity index (χ0n) is 11.6. The molecular weight excluding hydrogens is 291 g/mol. The molecule has 1 aromatic rings. The first-order valence-corrected chi connectivity index (χ1v) is 6.44. The summed E-state index contributed by atoms with van der Waals surface area (Å²) in [6, 6.07) is 2.20. The molecule has 21 heavy (non-hydrogen) atoms. The van der Waals surface area contributed by atoms with E-state index in [4.69, 9.17) is 4.74 Å². The molecule has 6 heteroatoms. The molecule has 116 valence electrons. The number of alkyl halides is 3. The van der Waals surface area contributed by atoms with Gasteiger partial charge >= 0.3 is 6.18 Å². The lowest BCUT2D eigenvalue weighted by Gasteiger charge is -2.32. The van der Waals surface area contributed by atoms with Crippen LogP contribution in [0.3, 0.4) is 0 Å². The van der Waals surface area contributed by atoms with Crippen molar-refractivity contribution < 1.29 is 26.7 Å². The Balaban J connectivity index is 2.47. The van der Waals surface area contributed by atoms with E-state index < -0.39 is 35.2 Å². The summed E-state index contributed by atoms with van der Waals surface area (Å²) in [4.78, 5) is 0. The Hall–Kier alpha value is -1.43. The van der Waals surface area contributed by atoms with Crippen LogP contribution in [0, 0.1) is 17.6 Å². The molecule has 0 aromatic heterocycles. The molecule has 1 aliphatic heterocycles. The standard InChI is InChI=1S/C15H15F5O/c1-4-9-10(5-6-12(16)13(9)17)11-7-21-14(3,8(11)2)15(18,19)20/h4-6,8,11H,1,7H2,2-3H3/t8-,11+,14+/m1/s1. The van der Waals surface area contributed by atoms with E-state index in [0.29, 0.717) is 0 Å². The van der Waals surface area contributed by atoms with Gasteiger partial charge in [0, 0.05) is 17.4 Å². The van der Waals surface area contributed by atoms with Crippen molar-refractivity contribution in [2.45, 2.75) is 31.5 Å². The molecule has 1 fully saturated rings. The molecule has 0 radical (unpaired) electrons. The maximum Gasteiger partial charge on any atom is 0.417 e. The third-order valence-electron chi connectivity index (χ3n) is 4.37. The molecule has 0 amide bonds. The molecular formula is C15H15F5O. The van der Waals surface area contributed by atoms with Crippen LogP contribution in [0.15, 0.2) is 18.7 Å². The van der Waals surface area contributed by atoms with E-state index in [9.17, 15) is 22.0 Å². The molecule has 0 aliphatic carbocycles. The minimum absolute atomic E-state index is 0.109. The minimum atomic E-state index is -4.53. The zero-order chi connectivity index (χ0) is 16.0. The van der Waals surface area contributed by atoms with Gasteiger partial charge in [0.1, 0.15) is 0 Å². The van der Waals surface area contributed by atoms with Gasteiger partial charge in [0.2, 0.25) is 0 Å². The van der Waals surface area contributed by atoms with E-state index in [1.807, 2.05) is 0 Å². The first-order valence-electron chi connectivity index (χ1n) is 6.44. The van der Waals surface area contributed by atoms with Crippen LogP contribution in [0.5, 0.6) is 0 Å². The maximum absolute atomic E-state index is 13.8. The first-order chi connectivity index (χ1) is 9.63. The van der Waals surface area contributed by atoms with Crippen LogP contribution in [-0.2, 0) is 4.74 Å². The van der Waals surface area contributed by atoms with Crippen LogP contribution in [-0.4, -0.2) is 18.4 Å². The second-order valence-corrected chi connectivity index (χ2v) is 5.38. The van der Waals surface area contributed by atoms with Crippen LogP contribution in [0.2, 0.25) is 0 Å². The summed E-state index contributed by atoms with van der Waals surface area (Å²) in [5, 5.41) is 0. The fraction of sp³-hybridized carbons (Fsp3) is 0.467. The Morgan fingerprint density at radius 1 is 1.33 bits per heavy atom. The summed E-state index contributed by atoms with van der Waals surface area (Å²) in [6.07, 6.45) is -3.42. The normalized spacial score (nSPS) is 29.7. The molecule has 1 heterocycles. The van der Waals surface area contributed by atoms with E-state index in [2.05, 4.69) is 6.58 Å². The van der Waals surface area contributed by atoms with Gasteiger partial charge in [-0.1, -0.05) is 25.6 Å². The number of benzene rings is 1. The highest BCUT2D eigenvalue weighted by atomic mass is 19.4. The van der Waals surface area contributed by atoms with Crippen molar-refractivity contribution in [3.8, 4) is 0 Å². The van der Waals surface area contributed by atoms with Crippen molar-refractivity contribution in [3.05, 3.63) is 41.5 Å². The van der Waals surface area contributed by atoms with Crippen molar-refractivity contribution in [2.75, 3.05) is 6.61 Å². The SMILES string of the molecule is C=Cc1c([C@H]2CO[C@](C)(C(F)(F)F)[C@@H]2C)ccc(F)c1F. The number of hydrogen-bond acceptors (Lipinski definition) is 1. The fourth-order valence-corrected chi connectivity index (χ4v) is 2.73. The van der Waals surface area contributed by atoms with Crippen LogP contribution in [0.1, 0.15) is 30.9 Å². The lowest BCUT2D eigenvalue weighted by molar-refractivity contribution is -0.266. The minimum Gasteiger partial charge on any atom is -0.365 e. The average molecular weight is 306 g/mol. The topological polar surface area (TPSA) is 9.23 Å². The Morgan fingerprint density at radius 2 is 1.95 bits per heavy atom. The average Bonchev–Trinajstić information content (AvgIpc) is 2.70. The lowest BCUT2D eigenvalue weighted by Crippen LogP contribution is -2.46. The second-order valence-electron chi connectivity index (χ2n) is 5.38. The largest absolute Gasteiger partial charge is 0.417 e. The maximum atomic E-state index is 13.8. The third-order valence-corrected chi connectivity index (χ3v) is 4.37. The Kier molecular flexibility index (Phi) is 3.86. The van der Waals surface area contributed by atoms with Crippen molar-refractivity contribution in [2.24, 2.45) is 5.92 Å². The third kappa shape index (κ3) is 2.35. The molecule has 3 atom stereocenters. The molecule has 0 saturated carbocycles. The number of halogens is 5. The number of rotatable bonds is 2. The van der Waals surface area contributed by atoms with E-state index in [0.717, 1.165) is 19.1 Å². The van der Waals surface area contributed by atoms with Crippen molar-refractivity contribution >= 4 is 6.08 Å². The van der Waals surface area contributed by atoms with Gasteiger partial charge in [-0.3, -0.25) is 0 Å². The van der Waals surface area contributed by atoms with E-state index in [-0.39, 0.29) is 17.7 Å². The highest BCUT2D eigenvalue weighted by molar-refractivity contribution is 5.54. The van der Waals surface area contributed by atoms with E-state index >= 15 is 0 Å². The summed E-state index contributed by atoms with van der Waals surface area (Å²) in [6.45, 7) is 5.58. The number of ether oxygens (including phenoxy) is 1. The smallest absolute Gasteiger partial charge is 0.365 e. The fourth-order valence-electron chi connectivity index (χ4n) is 2.73. The van der Waals surface area contributed by atoms with Gasteiger partial charge in [0.15, 0.2) is 17.2 Å². The Morgan fingerprint density at radius 3 is 2.43 bits per heavy atom. The molecule has 1 aromatic carbocycles. The molecule has 0 bridgehead atoms. The molecule has 2 rings (SSSR count). The van der Waals surface area contributed by atoms with Crippen LogP contribution in [0.25, 0.3) is 6.08 Å². The van der Waals surface area contributed by atoms with E-state index in [1.54, 1.807) is 0 Å². The van der Waals surface area contributed by atoms with Gasteiger partial charge in [-0.25, -0.2) is 8.78 Å². The van der Waals surface area contributed by atoms with Crippen molar-refractivity contribution in [3.63, 3.8) is 0 Å². The van der Waals surface area contributed by atoms with Gasteiger partial charge in [-0.2, -0.15) is 13.2 Å². The molecule has 1 nitrogen and oxygen atoms in total. The summed E-state index contributed by atoms with van der Waals surface area (Å²) in [5.41, 5.74) is -2.13. The van der Waals surface area contributed by atoms with E-state index in [1.165, 1.54) is 13.0 Å². The molecule has 0 N–H and O–H groups in total. The highest BCUT2D eigenvalue weighted by Gasteiger charge is 2.61. The predicted molar refractivity (Wildman–Crippen MR) is 68.8 cm³/mol. The molecule has 1 aliphatic rings. The second kappa shape index (κ2) is 5.09. The van der Waals surface area contributed by atoms with Crippen LogP contribution in [0.4, 0.5) is 22.0 Å². The summed E-state index contributed by atoms with van der Waals surface area (Å²) in [5.74, 6) is -3.77. The Labute approximate surface area is 119 Å². The van der Waals surface area contributed by atoms with Gasteiger partial charge in [0.05, 0.1) is 6.61 Å². The first kappa shape index (κ1) is 15.9. The quantitative estimate of drug-likeness (QED) is 0.721. The summed E-state index contributed by atoms with van der Waals surface area (Å²) < 4.78 is 71.4. The highest BCUT2D eigenvalue weighted by Crippen LogP contribution is 2.50. The Bertz CT molecular complexity index is 566. The van der Waals surface area contributed by atoms with Crippen molar-refractivity contribution in [1.29, 1.82) is 0 Å². The zero-order valence-corrected chi connectivity index (χ0v) is 11.6. The summed E-state index contributed by atoms with van der Waals surface area (Å²) >= 11 is 0. The lowest BCUT2D eigenvalue weighted by atomic mass is 9.78. The number of hydrogen-bond donors (Lipinski definition) is 0. The summed E-state index contributed by atoms with van der Waals surface area (Å²) in [7, 11) is 0. The van der Waals surface area contributed by atoms with Crippen LogP contribution < -0.4 is 0 Å². The predicted octanol–water partition coefficient (Wildman–Crippen LogP) is 4.68. The van der Waals surface area contributed by atoms with Gasteiger partial charge in [-0.15, -0.1) is 0 Å². The van der Waals surface area contributed by atoms with Crippen LogP contribution >= 0.6 is 0 Å². The molecule has 0 spiro atoms. The van der Waals surface area contributed by atoms with Crippen molar-refractivity contribution in [1.82, 2.24) is 0 Å². The monoisotopic (exact) mass is 306 g/mol.